The molecule has 1 aromatic rings. The molecule has 1 aromatic carbocycles. The van der Waals surface area contributed by atoms with Gasteiger partial charge in [0.2, 0.25) is 5.91 Å². The zero-order chi connectivity index (χ0) is 13.5. The second kappa shape index (κ2) is 6.88. The summed E-state index contributed by atoms with van der Waals surface area (Å²) in [4.78, 5) is 11.7. The van der Waals surface area contributed by atoms with Crippen LogP contribution in [0.15, 0.2) is 47.1 Å². The molecular formula is C16H20N2O. The van der Waals surface area contributed by atoms with E-state index in [9.17, 15) is 4.79 Å². The number of nitrogens with one attached hydrogen (secondary N) is 1. The molecule has 0 aliphatic heterocycles. The molecule has 0 heterocycles. The third-order valence-electron chi connectivity index (χ3n) is 3.36. The predicted octanol–water partition coefficient (Wildman–Crippen LogP) is 3.08. The maximum Gasteiger partial charge on any atom is 0.244 e. The highest BCUT2D eigenvalue weighted by Crippen LogP contribution is 2.21. The van der Waals surface area contributed by atoms with Crippen molar-refractivity contribution in [1.82, 2.24) is 5.43 Å². The largest absolute Gasteiger partial charge is 0.273 e. The van der Waals surface area contributed by atoms with Crippen molar-refractivity contribution in [1.29, 1.82) is 0 Å². The molecule has 3 nitrogen and oxygen atoms in total. The van der Waals surface area contributed by atoms with E-state index < -0.39 is 0 Å². The van der Waals surface area contributed by atoms with Gasteiger partial charge in [0.05, 0.1) is 6.42 Å². The van der Waals surface area contributed by atoms with Crippen LogP contribution in [0.4, 0.5) is 0 Å². The van der Waals surface area contributed by atoms with E-state index in [2.05, 4.69) is 23.5 Å². The maximum absolute atomic E-state index is 11.7. The quantitative estimate of drug-likeness (QED) is 0.502. The maximum atomic E-state index is 11.7. The van der Waals surface area contributed by atoms with Crippen LogP contribution in [0, 0.1) is 5.92 Å². The van der Waals surface area contributed by atoms with E-state index in [1.54, 1.807) is 0 Å². The summed E-state index contributed by atoms with van der Waals surface area (Å²) in [7, 11) is 0. The number of hydrogen-bond donors (Lipinski definition) is 1. The van der Waals surface area contributed by atoms with Gasteiger partial charge in [-0.2, -0.15) is 5.10 Å². The lowest BCUT2D eigenvalue weighted by Crippen LogP contribution is -2.20. The van der Waals surface area contributed by atoms with E-state index in [1.165, 1.54) is 5.57 Å². The standard InChI is InChI=1S/C16H20N2O/c1-13-7-9-15(10-8-13)12-17-18-16(19)11-14-5-3-2-4-6-14/h2-7,12,15H,8-11H2,1H3,(H,18,19)/b17-12+. The highest BCUT2D eigenvalue weighted by atomic mass is 16.2. The molecule has 0 fully saturated rings. The van der Waals surface area contributed by atoms with Crippen molar-refractivity contribution in [2.24, 2.45) is 11.0 Å². The van der Waals surface area contributed by atoms with Crippen LogP contribution >= 0.6 is 0 Å². The zero-order valence-electron chi connectivity index (χ0n) is 11.3. The van der Waals surface area contributed by atoms with Gasteiger partial charge >= 0.3 is 0 Å². The summed E-state index contributed by atoms with van der Waals surface area (Å²) in [5.41, 5.74) is 5.06. The Morgan fingerprint density at radius 3 is 2.89 bits per heavy atom. The van der Waals surface area contributed by atoms with E-state index in [1.807, 2.05) is 36.5 Å². The number of allylic oxidation sites excluding steroid dienone is 2. The van der Waals surface area contributed by atoms with Crippen LogP contribution < -0.4 is 5.43 Å². The Kier molecular flexibility index (Phi) is 4.90. The molecule has 2 rings (SSSR count). The average molecular weight is 256 g/mol. The number of hydrazone groups is 1. The molecular weight excluding hydrogens is 236 g/mol. The fourth-order valence-corrected chi connectivity index (χ4v) is 2.16. The first-order chi connectivity index (χ1) is 9.24. The Balaban J connectivity index is 1.75. The molecule has 0 saturated heterocycles. The van der Waals surface area contributed by atoms with Gasteiger partial charge in [-0.1, -0.05) is 42.0 Å². The Morgan fingerprint density at radius 1 is 1.42 bits per heavy atom. The van der Waals surface area contributed by atoms with E-state index >= 15 is 0 Å². The van der Waals surface area contributed by atoms with E-state index in [4.69, 9.17) is 0 Å². The molecule has 0 aromatic heterocycles. The summed E-state index contributed by atoms with van der Waals surface area (Å²) in [5.74, 6) is 0.394. The van der Waals surface area contributed by atoms with Gasteiger partial charge < -0.3 is 0 Å². The van der Waals surface area contributed by atoms with Crippen LogP contribution in [0.5, 0.6) is 0 Å². The molecule has 3 heteroatoms. The van der Waals surface area contributed by atoms with Gasteiger partial charge in [0.15, 0.2) is 0 Å². The first kappa shape index (κ1) is 13.5. The SMILES string of the molecule is CC1=CCC(/C=N/NC(=O)Cc2ccccc2)CC1. The topological polar surface area (TPSA) is 41.5 Å². The Hall–Kier alpha value is -1.90. The number of amides is 1. The Bertz CT molecular complexity index is 477. The van der Waals surface area contributed by atoms with Crippen LogP contribution in [-0.4, -0.2) is 12.1 Å². The fraction of sp³-hybridized carbons (Fsp3) is 0.375. The first-order valence-electron chi connectivity index (χ1n) is 6.75. The van der Waals surface area contributed by atoms with Gasteiger partial charge in [-0.15, -0.1) is 0 Å². The third kappa shape index (κ3) is 4.70. The van der Waals surface area contributed by atoms with Crippen LogP contribution in [-0.2, 0) is 11.2 Å². The van der Waals surface area contributed by atoms with Crippen molar-refractivity contribution in [3.63, 3.8) is 0 Å². The summed E-state index contributed by atoms with van der Waals surface area (Å²) in [6.45, 7) is 2.16. The fourth-order valence-electron chi connectivity index (χ4n) is 2.16. The van der Waals surface area contributed by atoms with Crippen molar-refractivity contribution in [3.05, 3.63) is 47.5 Å². The molecule has 0 bridgehead atoms. The van der Waals surface area contributed by atoms with Crippen LogP contribution in [0.2, 0.25) is 0 Å². The van der Waals surface area contributed by atoms with Crippen LogP contribution in [0.3, 0.4) is 0 Å². The Labute approximate surface area is 114 Å². The number of carbonyl (C=O) groups excluding carboxylic acids is 1. The molecule has 0 radical (unpaired) electrons. The minimum Gasteiger partial charge on any atom is -0.273 e. The van der Waals surface area contributed by atoms with Crippen molar-refractivity contribution in [3.8, 4) is 0 Å². The van der Waals surface area contributed by atoms with Crippen molar-refractivity contribution in [2.45, 2.75) is 32.6 Å². The van der Waals surface area contributed by atoms with E-state index in [0.717, 1.165) is 24.8 Å². The van der Waals surface area contributed by atoms with Crippen LogP contribution in [0.25, 0.3) is 0 Å². The van der Waals surface area contributed by atoms with E-state index in [-0.39, 0.29) is 5.91 Å². The molecule has 1 amide bonds. The molecule has 0 spiro atoms. The molecule has 1 aliphatic carbocycles. The molecule has 1 atom stereocenters. The number of hydrogen-bond acceptors (Lipinski definition) is 2. The van der Waals surface area contributed by atoms with Gasteiger partial charge in [0.1, 0.15) is 0 Å². The molecule has 1 unspecified atom stereocenters. The molecule has 1 N–H and O–H groups in total. The smallest absolute Gasteiger partial charge is 0.244 e. The number of nitrogens with zero attached hydrogens (tertiary/aromatic N) is 1. The highest BCUT2D eigenvalue weighted by molar-refractivity contribution is 5.79. The van der Waals surface area contributed by atoms with Gasteiger partial charge in [-0.3, -0.25) is 4.79 Å². The monoisotopic (exact) mass is 256 g/mol. The molecule has 1 aliphatic rings. The normalized spacial score (nSPS) is 19.2. The molecule has 100 valence electrons. The molecule has 19 heavy (non-hydrogen) atoms. The minimum atomic E-state index is -0.0648. The van der Waals surface area contributed by atoms with Gasteiger partial charge in [-0.25, -0.2) is 5.43 Å². The van der Waals surface area contributed by atoms with E-state index in [0.29, 0.717) is 12.3 Å². The minimum absolute atomic E-state index is 0.0648. The molecule has 0 saturated carbocycles. The lowest BCUT2D eigenvalue weighted by Gasteiger charge is -2.15. The van der Waals surface area contributed by atoms with Gasteiger partial charge in [0.25, 0.3) is 0 Å². The number of carbonyl (C=O) groups is 1. The lowest BCUT2D eigenvalue weighted by molar-refractivity contribution is -0.120. The van der Waals surface area contributed by atoms with Gasteiger partial charge in [0, 0.05) is 6.21 Å². The second-order valence-electron chi connectivity index (χ2n) is 5.06. The van der Waals surface area contributed by atoms with Crippen molar-refractivity contribution in [2.75, 3.05) is 0 Å². The number of benzene rings is 1. The number of rotatable bonds is 4. The predicted molar refractivity (Wildman–Crippen MR) is 77.9 cm³/mol. The Morgan fingerprint density at radius 2 is 2.21 bits per heavy atom. The lowest BCUT2D eigenvalue weighted by atomic mass is 9.91. The van der Waals surface area contributed by atoms with Crippen LogP contribution in [0.1, 0.15) is 31.7 Å². The summed E-state index contributed by atoms with van der Waals surface area (Å²) in [6, 6.07) is 9.69. The highest BCUT2D eigenvalue weighted by Gasteiger charge is 2.10. The first-order valence-corrected chi connectivity index (χ1v) is 6.75. The summed E-state index contributed by atoms with van der Waals surface area (Å²) in [6.07, 6.45) is 7.79. The van der Waals surface area contributed by atoms with Crippen molar-refractivity contribution >= 4 is 12.1 Å². The van der Waals surface area contributed by atoms with Gasteiger partial charge in [-0.05, 0) is 37.7 Å². The third-order valence-corrected chi connectivity index (χ3v) is 3.36. The summed E-state index contributed by atoms with van der Waals surface area (Å²) >= 11 is 0. The average Bonchev–Trinajstić information content (AvgIpc) is 2.42. The van der Waals surface area contributed by atoms with Crippen molar-refractivity contribution < 1.29 is 4.79 Å². The zero-order valence-corrected chi connectivity index (χ0v) is 11.3. The second-order valence-corrected chi connectivity index (χ2v) is 5.06. The summed E-state index contributed by atoms with van der Waals surface area (Å²) in [5, 5.41) is 4.06. The summed E-state index contributed by atoms with van der Waals surface area (Å²) < 4.78 is 0.